The van der Waals surface area contributed by atoms with E-state index in [0.29, 0.717) is 44.2 Å². The maximum absolute atomic E-state index is 14.0. The Hall–Kier alpha value is -3.31. The summed E-state index contributed by atoms with van der Waals surface area (Å²) in [7, 11) is 4.28. The predicted octanol–water partition coefficient (Wildman–Crippen LogP) is 4.74. The zero-order valence-electron chi connectivity index (χ0n) is 27.2. The molecule has 3 saturated heterocycles. The van der Waals surface area contributed by atoms with Crippen LogP contribution in [0, 0.1) is 5.41 Å². The molecule has 2 aromatic heterocycles. The third-order valence-electron chi connectivity index (χ3n) is 9.71. The normalized spacial score (nSPS) is 23.2. The molecule has 10 nitrogen and oxygen atoms in total. The average Bonchev–Trinajstić information content (AvgIpc) is 3.71. The van der Waals surface area contributed by atoms with Crippen LogP contribution in [0.2, 0.25) is 0 Å². The summed E-state index contributed by atoms with van der Waals surface area (Å²) < 4.78 is 1.79. The number of thioether (sulfide) groups is 1. The number of hydrogen-bond donors (Lipinski definition) is 1. The van der Waals surface area contributed by atoms with Crippen LogP contribution in [0.1, 0.15) is 71.3 Å². The highest BCUT2D eigenvalue weighted by atomic mass is 32.2. The van der Waals surface area contributed by atoms with Gasteiger partial charge in [-0.1, -0.05) is 39.0 Å². The van der Waals surface area contributed by atoms with Gasteiger partial charge >= 0.3 is 5.69 Å². The lowest BCUT2D eigenvalue weighted by atomic mass is 9.92. The van der Waals surface area contributed by atoms with E-state index in [1.165, 1.54) is 11.3 Å². The molecule has 3 aromatic rings. The molecule has 2 unspecified atom stereocenters. The molecule has 0 saturated carbocycles. The second kappa shape index (κ2) is 12.8. The number of imidazole rings is 1. The van der Waals surface area contributed by atoms with E-state index in [0.717, 1.165) is 31.4 Å². The van der Waals surface area contributed by atoms with Crippen molar-refractivity contribution in [3.05, 3.63) is 58.6 Å². The number of piperidine rings is 1. The van der Waals surface area contributed by atoms with Gasteiger partial charge in [0.15, 0.2) is 5.65 Å². The topological polar surface area (TPSA) is 97.8 Å². The van der Waals surface area contributed by atoms with E-state index in [2.05, 4.69) is 78.9 Å². The highest BCUT2D eigenvalue weighted by molar-refractivity contribution is 8.01. The van der Waals surface area contributed by atoms with Crippen molar-refractivity contribution in [2.24, 2.45) is 5.41 Å². The van der Waals surface area contributed by atoms with Crippen LogP contribution in [0.3, 0.4) is 0 Å². The lowest BCUT2D eigenvalue weighted by Crippen LogP contribution is -2.42. The maximum atomic E-state index is 14.0. The summed E-state index contributed by atoms with van der Waals surface area (Å²) in [5.41, 5.74) is 3.68. The molecule has 3 aliphatic rings. The fraction of sp³-hybridized carbons (Fsp3) is 0.588. The summed E-state index contributed by atoms with van der Waals surface area (Å²) in [5.74, 6) is 0.0861. The third kappa shape index (κ3) is 6.65. The number of rotatable bonds is 8. The lowest BCUT2D eigenvalue weighted by molar-refractivity contribution is -0.136. The van der Waals surface area contributed by atoms with Gasteiger partial charge in [-0.05, 0) is 63.4 Å². The SMILES string of the molecule is CN(C)[C@H]1CCN(c2ccccc2C2SC(CC(=O)N3CCC(n4c(=O)[nH]c5ncccc54)CC3)C(=O)N2CCC(C)(C)C)C1.[HH]. The Bertz CT molecular complexity index is 1590. The fourth-order valence-corrected chi connectivity index (χ4v) is 8.50. The monoisotopic (exact) mass is 635 g/mol. The van der Waals surface area contributed by atoms with Crippen LogP contribution in [0.15, 0.2) is 47.4 Å². The minimum absolute atomic E-state index is 0. The highest BCUT2D eigenvalue weighted by Crippen LogP contribution is 2.48. The molecule has 0 radical (unpaired) electrons. The summed E-state index contributed by atoms with van der Waals surface area (Å²) in [6.45, 7) is 10.4. The first-order valence-electron chi connectivity index (χ1n) is 16.3. The molecule has 1 aromatic carbocycles. The number of carbonyl (C=O) groups is 2. The van der Waals surface area contributed by atoms with Crippen LogP contribution < -0.4 is 10.6 Å². The number of nitrogens with zero attached hydrogens (tertiary/aromatic N) is 6. The van der Waals surface area contributed by atoms with Crippen LogP contribution in [0.4, 0.5) is 5.69 Å². The number of likely N-dealkylation sites (tertiary alicyclic amines) is 1. The number of benzene rings is 1. The predicted molar refractivity (Wildman–Crippen MR) is 183 cm³/mol. The number of aromatic nitrogens is 3. The fourth-order valence-electron chi connectivity index (χ4n) is 7.00. The standard InChI is InChI=1S/C34H47N7O3S.H2/c1-34(2,3)15-20-40-31(43)28(45-32(40)25-9-6-7-10-26(25)39-19-14-24(22-39)37(4)5)21-29(42)38-17-12-23(13-18-38)41-27-11-8-16-35-30(27)36-33(41)44;/h6-11,16,23-24,28,32H,12-15,17-22H2,1-5H3,(H,35,36,44);1H/t24-,28?,32?;/m0./s1. The molecule has 3 aliphatic heterocycles. The van der Waals surface area contributed by atoms with Crippen LogP contribution in [-0.4, -0.2) is 99.2 Å². The Morgan fingerprint density at radius 2 is 1.82 bits per heavy atom. The molecule has 5 heterocycles. The molecule has 3 fully saturated rings. The molecule has 0 bridgehead atoms. The van der Waals surface area contributed by atoms with Crippen molar-refractivity contribution in [1.82, 2.24) is 29.2 Å². The minimum Gasteiger partial charge on any atom is -0.370 e. The van der Waals surface area contributed by atoms with Gasteiger partial charge in [-0.3, -0.25) is 19.1 Å². The lowest BCUT2D eigenvalue weighted by Gasteiger charge is -2.33. The number of nitrogens with one attached hydrogen (secondary N) is 1. The van der Waals surface area contributed by atoms with Crippen molar-refractivity contribution in [2.75, 3.05) is 51.7 Å². The van der Waals surface area contributed by atoms with Crippen molar-refractivity contribution in [1.29, 1.82) is 0 Å². The molecule has 0 spiro atoms. The Labute approximate surface area is 271 Å². The van der Waals surface area contributed by atoms with Crippen molar-refractivity contribution in [3.8, 4) is 0 Å². The van der Waals surface area contributed by atoms with Gasteiger partial charge in [-0.2, -0.15) is 0 Å². The minimum atomic E-state index is -0.413. The Kier molecular flexibility index (Phi) is 9.03. The number of amides is 2. The van der Waals surface area contributed by atoms with Gasteiger partial charge in [0.2, 0.25) is 11.8 Å². The second-order valence-corrected chi connectivity index (χ2v) is 15.5. The molecular formula is C34H49N7O3S. The number of pyridine rings is 1. The number of anilines is 1. The van der Waals surface area contributed by atoms with Gasteiger partial charge < -0.3 is 19.6 Å². The summed E-state index contributed by atoms with van der Waals surface area (Å²) in [4.78, 5) is 56.2. The van der Waals surface area contributed by atoms with Gasteiger partial charge in [0.1, 0.15) is 5.37 Å². The number of aromatic amines is 1. The summed E-state index contributed by atoms with van der Waals surface area (Å²) in [5, 5.41) is -0.538. The number of fused-ring (bicyclic) bond motifs is 1. The van der Waals surface area contributed by atoms with E-state index in [9.17, 15) is 14.4 Å². The molecule has 2 amide bonds. The number of para-hydroxylation sites is 1. The van der Waals surface area contributed by atoms with Crippen LogP contribution in [-0.2, 0) is 9.59 Å². The third-order valence-corrected chi connectivity index (χ3v) is 11.2. The van der Waals surface area contributed by atoms with E-state index in [1.54, 1.807) is 22.5 Å². The first-order valence-corrected chi connectivity index (χ1v) is 17.2. The molecule has 6 rings (SSSR count). The van der Waals surface area contributed by atoms with E-state index >= 15 is 0 Å². The van der Waals surface area contributed by atoms with Crippen molar-refractivity contribution < 1.29 is 11.0 Å². The molecule has 3 atom stereocenters. The molecule has 45 heavy (non-hydrogen) atoms. The highest BCUT2D eigenvalue weighted by Gasteiger charge is 2.44. The number of hydrogen-bond acceptors (Lipinski definition) is 7. The first-order chi connectivity index (χ1) is 21.5. The summed E-state index contributed by atoms with van der Waals surface area (Å²) in [6.07, 6.45) is 5.26. The average molecular weight is 636 g/mol. The Balaban J connectivity index is 0.00000417. The largest absolute Gasteiger partial charge is 0.370 e. The van der Waals surface area contributed by atoms with Crippen molar-refractivity contribution >= 4 is 40.4 Å². The quantitative estimate of drug-likeness (QED) is 0.382. The first kappa shape index (κ1) is 31.7. The van der Waals surface area contributed by atoms with Crippen molar-refractivity contribution in [2.45, 2.75) is 75.6 Å². The van der Waals surface area contributed by atoms with E-state index in [4.69, 9.17) is 0 Å². The second-order valence-electron chi connectivity index (χ2n) is 14.2. The number of likely N-dealkylation sites (N-methyl/N-ethyl adjacent to an activating group) is 1. The molecule has 1 N–H and O–H groups in total. The van der Waals surface area contributed by atoms with E-state index < -0.39 is 5.25 Å². The maximum Gasteiger partial charge on any atom is 0.327 e. The Morgan fingerprint density at radius 3 is 2.53 bits per heavy atom. The van der Waals surface area contributed by atoms with Crippen LogP contribution >= 0.6 is 11.8 Å². The number of H-pyrrole nitrogens is 1. The van der Waals surface area contributed by atoms with E-state index in [-0.39, 0.29) is 42.2 Å². The zero-order chi connectivity index (χ0) is 31.9. The van der Waals surface area contributed by atoms with Gasteiger partial charge in [-0.25, -0.2) is 9.78 Å². The van der Waals surface area contributed by atoms with Gasteiger partial charge in [0.25, 0.3) is 0 Å². The molecule has 244 valence electrons. The number of carbonyl (C=O) groups excluding carboxylic acids is 2. The van der Waals surface area contributed by atoms with Crippen molar-refractivity contribution in [3.63, 3.8) is 0 Å². The smallest absolute Gasteiger partial charge is 0.327 e. The van der Waals surface area contributed by atoms with Gasteiger partial charge in [0.05, 0.1) is 10.8 Å². The van der Waals surface area contributed by atoms with Gasteiger partial charge in [0, 0.05) is 70.1 Å². The molecular weight excluding hydrogens is 586 g/mol. The summed E-state index contributed by atoms with van der Waals surface area (Å²) in [6, 6.07) is 12.8. The van der Waals surface area contributed by atoms with Crippen LogP contribution in [0.5, 0.6) is 0 Å². The zero-order valence-corrected chi connectivity index (χ0v) is 28.1. The van der Waals surface area contributed by atoms with E-state index in [1.807, 2.05) is 21.9 Å². The Morgan fingerprint density at radius 1 is 1.07 bits per heavy atom. The summed E-state index contributed by atoms with van der Waals surface area (Å²) >= 11 is 1.64. The van der Waals surface area contributed by atoms with Crippen LogP contribution in [0.25, 0.3) is 11.2 Å². The van der Waals surface area contributed by atoms with Gasteiger partial charge in [-0.15, -0.1) is 11.8 Å². The molecule has 11 heteroatoms. The molecule has 0 aliphatic carbocycles.